The zero-order valence-electron chi connectivity index (χ0n) is 9.53. The highest BCUT2D eigenvalue weighted by Gasteiger charge is 2.12. The van der Waals surface area contributed by atoms with Crippen LogP contribution in [-0.4, -0.2) is 18.4 Å². The highest BCUT2D eigenvalue weighted by Crippen LogP contribution is 2.28. The van der Waals surface area contributed by atoms with E-state index in [1.807, 2.05) is 0 Å². The van der Waals surface area contributed by atoms with Crippen LogP contribution in [0, 0.1) is 0 Å². The van der Waals surface area contributed by atoms with Crippen molar-refractivity contribution in [2.75, 3.05) is 5.73 Å². The van der Waals surface area contributed by atoms with Crippen molar-refractivity contribution in [1.82, 2.24) is 9.97 Å². The summed E-state index contributed by atoms with van der Waals surface area (Å²) in [4.78, 5) is 18.1. The highest BCUT2D eigenvalue weighted by atomic mass is 32.2. The number of nitrogen functional groups attached to an aromatic ring is 1. The molecule has 0 fully saturated rings. The first-order chi connectivity index (χ1) is 8.86. The molecule has 2 rings (SSSR count). The fourth-order valence-corrected chi connectivity index (χ4v) is 2.82. The first kappa shape index (κ1) is 13.6. The van der Waals surface area contributed by atoms with Crippen molar-refractivity contribution < 1.29 is 8.42 Å². The summed E-state index contributed by atoms with van der Waals surface area (Å²) in [5, 5.41) is 5.39. The van der Waals surface area contributed by atoms with E-state index in [0.717, 1.165) is 11.8 Å². The molecule has 0 aliphatic heterocycles. The summed E-state index contributed by atoms with van der Waals surface area (Å²) < 4.78 is 22.4. The number of anilines is 1. The largest absolute Gasteiger partial charge is 0.398 e. The molecule has 9 heteroatoms. The van der Waals surface area contributed by atoms with Crippen LogP contribution >= 0.6 is 11.8 Å². The Kier molecular flexibility index (Phi) is 3.60. The van der Waals surface area contributed by atoms with Crippen molar-refractivity contribution >= 4 is 27.5 Å². The molecule has 2 aromatic rings. The minimum atomic E-state index is -3.84. The van der Waals surface area contributed by atoms with E-state index in [9.17, 15) is 13.2 Å². The Balaban J connectivity index is 2.33. The predicted octanol–water partition coefficient (Wildman–Crippen LogP) is 0.151. The Morgan fingerprint density at radius 1 is 1.26 bits per heavy atom. The lowest BCUT2D eigenvalue weighted by Crippen LogP contribution is -2.14. The summed E-state index contributed by atoms with van der Waals surface area (Å²) in [7, 11) is -3.84. The third kappa shape index (κ3) is 3.34. The van der Waals surface area contributed by atoms with Crippen molar-refractivity contribution in [3.05, 3.63) is 40.8 Å². The molecule has 0 saturated heterocycles. The van der Waals surface area contributed by atoms with Crippen LogP contribution in [0.2, 0.25) is 0 Å². The predicted molar refractivity (Wildman–Crippen MR) is 71.2 cm³/mol. The van der Waals surface area contributed by atoms with Gasteiger partial charge in [0, 0.05) is 17.2 Å². The lowest BCUT2D eigenvalue weighted by molar-refractivity contribution is 0.598. The molecule has 0 aliphatic rings. The zero-order valence-corrected chi connectivity index (χ0v) is 11.2. The van der Waals surface area contributed by atoms with Crippen LogP contribution < -0.4 is 16.4 Å². The van der Waals surface area contributed by atoms with Gasteiger partial charge in [-0.25, -0.2) is 18.5 Å². The van der Waals surface area contributed by atoms with E-state index in [-0.39, 0.29) is 16.1 Å². The molecule has 1 aromatic heterocycles. The van der Waals surface area contributed by atoms with Crippen LogP contribution in [0.3, 0.4) is 0 Å². The smallest absolute Gasteiger partial charge is 0.251 e. The standard InChI is InChI=1S/C10H10N4O3S2/c11-7-5-6(1-2-8(7)19(12,16)17)18-10-13-4-3-9(15)14-10/h1-5H,11H2,(H2,12,16,17)(H,13,14,15). The molecule has 1 heterocycles. The van der Waals surface area contributed by atoms with E-state index in [1.165, 1.54) is 30.5 Å². The van der Waals surface area contributed by atoms with Gasteiger partial charge in [-0.15, -0.1) is 0 Å². The van der Waals surface area contributed by atoms with Crippen molar-refractivity contribution in [3.8, 4) is 0 Å². The Bertz CT molecular complexity index is 770. The van der Waals surface area contributed by atoms with Gasteiger partial charge in [-0.05, 0) is 18.2 Å². The van der Waals surface area contributed by atoms with E-state index in [1.54, 1.807) is 0 Å². The van der Waals surface area contributed by atoms with Gasteiger partial charge in [0.1, 0.15) is 4.90 Å². The molecule has 0 spiro atoms. The van der Waals surface area contributed by atoms with Crippen molar-refractivity contribution in [2.24, 2.45) is 5.14 Å². The molecule has 0 amide bonds. The number of nitrogens with two attached hydrogens (primary N) is 2. The molecule has 1 aromatic carbocycles. The number of rotatable bonds is 3. The van der Waals surface area contributed by atoms with Crippen LogP contribution in [-0.2, 0) is 10.0 Å². The fourth-order valence-electron chi connectivity index (χ4n) is 1.36. The summed E-state index contributed by atoms with van der Waals surface area (Å²) in [5.41, 5.74) is 5.40. The average molecular weight is 298 g/mol. The number of nitrogens with one attached hydrogen (secondary N) is 1. The molecule has 0 unspecified atom stereocenters. The lowest BCUT2D eigenvalue weighted by atomic mass is 10.3. The topological polar surface area (TPSA) is 132 Å². The van der Waals surface area contributed by atoms with E-state index < -0.39 is 10.0 Å². The van der Waals surface area contributed by atoms with Crippen LogP contribution in [0.5, 0.6) is 0 Å². The number of hydrogen-bond donors (Lipinski definition) is 3. The molecule has 7 nitrogen and oxygen atoms in total. The normalized spacial score (nSPS) is 11.4. The van der Waals surface area contributed by atoms with E-state index >= 15 is 0 Å². The fraction of sp³-hybridized carbons (Fsp3) is 0. The summed E-state index contributed by atoms with van der Waals surface area (Å²) >= 11 is 1.15. The average Bonchev–Trinajstić information content (AvgIpc) is 2.27. The van der Waals surface area contributed by atoms with Crippen molar-refractivity contribution in [1.29, 1.82) is 0 Å². The Morgan fingerprint density at radius 3 is 2.58 bits per heavy atom. The maximum Gasteiger partial charge on any atom is 0.251 e. The number of hydrogen-bond acceptors (Lipinski definition) is 6. The quantitative estimate of drug-likeness (QED) is 0.546. The van der Waals surface area contributed by atoms with Crippen molar-refractivity contribution in [2.45, 2.75) is 14.9 Å². The maximum absolute atomic E-state index is 11.2. The molecule has 19 heavy (non-hydrogen) atoms. The van der Waals surface area contributed by atoms with Gasteiger partial charge < -0.3 is 10.7 Å². The first-order valence-corrected chi connectivity index (χ1v) is 7.38. The van der Waals surface area contributed by atoms with Crippen LogP contribution in [0.4, 0.5) is 5.69 Å². The monoisotopic (exact) mass is 298 g/mol. The second-order valence-corrected chi connectivity index (χ2v) is 6.18. The maximum atomic E-state index is 11.2. The van der Waals surface area contributed by atoms with Gasteiger partial charge in [0.05, 0.1) is 5.69 Å². The van der Waals surface area contributed by atoms with Gasteiger partial charge in [-0.3, -0.25) is 4.79 Å². The van der Waals surface area contributed by atoms with Gasteiger partial charge >= 0.3 is 0 Å². The Morgan fingerprint density at radius 2 is 2.00 bits per heavy atom. The number of nitrogens with zero attached hydrogens (tertiary/aromatic N) is 1. The lowest BCUT2D eigenvalue weighted by Gasteiger charge is -2.05. The minimum Gasteiger partial charge on any atom is -0.398 e. The number of primary sulfonamides is 1. The molecule has 0 saturated carbocycles. The molecule has 0 radical (unpaired) electrons. The zero-order chi connectivity index (χ0) is 14.0. The molecule has 100 valence electrons. The summed E-state index contributed by atoms with van der Waals surface area (Å²) in [5.74, 6) is 0. The van der Waals surface area contributed by atoms with Crippen LogP contribution in [0.25, 0.3) is 0 Å². The number of H-pyrrole nitrogens is 1. The van der Waals surface area contributed by atoms with E-state index in [2.05, 4.69) is 9.97 Å². The minimum absolute atomic E-state index is 0.0470. The van der Waals surface area contributed by atoms with Gasteiger partial charge in [-0.2, -0.15) is 0 Å². The molecule has 0 atom stereocenters. The van der Waals surface area contributed by atoms with E-state index in [4.69, 9.17) is 10.9 Å². The van der Waals surface area contributed by atoms with Crippen molar-refractivity contribution in [3.63, 3.8) is 0 Å². The Labute approximate surface area is 113 Å². The van der Waals surface area contributed by atoms with Gasteiger partial charge in [0.25, 0.3) is 5.56 Å². The summed E-state index contributed by atoms with van der Waals surface area (Å²) in [6, 6.07) is 5.60. The van der Waals surface area contributed by atoms with Gasteiger partial charge in [0.15, 0.2) is 5.16 Å². The molecule has 0 aliphatic carbocycles. The van der Waals surface area contributed by atoms with Gasteiger partial charge in [0.2, 0.25) is 10.0 Å². The number of aromatic nitrogens is 2. The highest BCUT2D eigenvalue weighted by molar-refractivity contribution is 7.99. The SMILES string of the molecule is Nc1cc(Sc2nccc(=O)[nH]2)ccc1S(N)(=O)=O. The first-order valence-electron chi connectivity index (χ1n) is 5.02. The van der Waals surface area contributed by atoms with Gasteiger partial charge in [-0.1, -0.05) is 11.8 Å². The Hall–Kier alpha value is -1.84. The second kappa shape index (κ2) is 5.03. The summed E-state index contributed by atoms with van der Waals surface area (Å²) in [6.45, 7) is 0. The third-order valence-electron chi connectivity index (χ3n) is 2.15. The molecular formula is C10H10N4O3S2. The molecule has 5 N–H and O–H groups in total. The number of benzene rings is 1. The number of aromatic amines is 1. The van der Waals surface area contributed by atoms with E-state index in [0.29, 0.717) is 10.1 Å². The third-order valence-corrected chi connectivity index (χ3v) is 4.03. The molecule has 0 bridgehead atoms. The summed E-state index contributed by atoms with van der Waals surface area (Å²) in [6.07, 6.45) is 1.38. The van der Waals surface area contributed by atoms with Crippen LogP contribution in [0.1, 0.15) is 0 Å². The molecular weight excluding hydrogens is 288 g/mol. The van der Waals surface area contributed by atoms with Crippen LogP contribution in [0.15, 0.2) is 50.2 Å². The number of sulfonamides is 1. The second-order valence-electron chi connectivity index (χ2n) is 3.59.